The van der Waals surface area contributed by atoms with Crippen molar-refractivity contribution in [3.63, 3.8) is 0 Å². The van der Waals surface area contributed by atoms with E-state index in [-0.39, 0.29) is 0 Å². The van der Waals surface area contributed by atoms with Gasteiger partial charge in [-0.2, -0.15) is 0 Å². The van der Waals surface area contributed by atoms with Crippen LogP contribution in [0.15, 0.2) is 12.2 Å². The van der Waals surface area contributed by atoms with Crippen molar-refractivity contribution in [3.8, 4) is 0 Å². The second-order valence-electron chi connectivity index (χ2n) is 4.70. The third-order valence-electron chi connectivity index (χ3n) is 2.72. The van der Waals surface area contributed by atoms with Crippen LogP contribution in [0.5, 0.6) is 0 Å². The summed E-state index contributed by atoms with van der Waals surface area (Å²) in [7, 11) is 0. The molecule has 0 spiro atoms. The fourth-order valence-electron chi connectivity index (χ4n) is 2.14. The minimum absolute atomic E-state index is 0.293. The Morgan fingerprint density at radius 1 is 1.54 bits per heavy atom. The summed E-state index contributed by atoms with van der Waals surface area (Å²) in [5, 5.41) is 9.20. The summed E-state index contributed by atoms with van der Waals surface area (Å²) in [6.45, 7) is 8.94. The first-order chi connectivity index (χ1) is 6.09. The number of hydrogen-bond donors (Lipinski definition) is 1. The monoisotopic (exact) mass is 183 g/mol. The van der Waals surface area contributed by atoms with E-state index in [9.17, 15) is 5.11 Å². The van der Waals surface area contributed by atoms with Crippen LogP contribution in [0.2, 0.25) is 0 Å². The molecular formula is C11H21NO. The molecule has 1 unspecified atom stereocenters. The van der Waals surface area contributed by atoms with Crippen LogP contribution in [-0.2, 0) is 0 Å². The number of hydrogen-bond acceptors (Lipinski definition) is 2. The average molecular weight is 183 g/mol. The van der Waals surface area contributed by atoms with Crippen molar-refractivity contribution in [3.05, 3.63) is 12.2 Å². The van der Waals surface area contributed by atoms with E-state index in [2.05, 4.69) is 30.9 Å². The average Bonchev–Trinajstić information content (AvgIpc) is 2.37. The molecular weight excluding hydrogens is 162 g/mol. The topological polar surface area (TPSA) is 23.5 Å². The van der Waals surface area contributed by atoms with Crippen LogP contribution in [0.3, 0.4) is 0 Å². The van der Waals surface area contributed by atoms with Gasteiger partial charge in [0, 0.05) is 19.1 Å². The predicted molar refractivity (Wildman–Crippen MR) is 55.7 cm³/mol. The lowest BCUT2D eigenvalue weighted by Gasteiger charge is -2.21. The zero-order valence-corrected chi connectivity index (χ0v) is 8.95. The molecule has 0 saturated carbocycles. The number of likely N-dealkylation sites (tertiary alicyclic amines) is 1. The summed E-state index contributed by atoms with van der Waals surface area (Å²) < 4.78 is 0. The number of aliphatic hydroxyl groups is 1. The molecule has 1 aliphatic heterocycles. The van der Waals surface area contributed by atoms with Gasteiger partial charge in [0.05, 0.1) is 6.61 Å². The van der Waals surface area contributed by atoms with Crippen LogP contribution in [0, 0.1) is 5.41 Å². The van der Waals surface area contributed by atoms with Gasteiger partial charge < -0.3 is 5.11 Å². The van der Waals surface area contributed by atoms with E-state index in [4.69, 9.17) is 0 Å². The SMILES string of the molecule is C/C=C/CN1CC(C)(C)CC1CO. The molecule has 13 heavy (non-hydrogen) atoms. The highest BCUT2D eigenvalue weighted by atomic mass is 16.3. The Morgan fingerprint density at radius 2 is 2.23 bits per heavy atom. The van der Waals surface area contributed by atoms with Gasteiger partial charge in [0.2, 0.25) is 0 Å². The van der Waals surface area contributed by atoms with Crippen LogP contribution in [0.25, 0.3) is 0 Å². The molecule has 1 heterocycles. The lowest BCUT2D eigenvalue weighted by Crippen LogP contribution is -2.32. The van der Waals surface area contributed by atoms with Crippen molar-refractivity contribution in [1.82, 2.24) is 4.90 Å². The lowest BCUT2D eigenvalue weighted by molar-refractivity contribution is 0.169. The molecule has 76 valence electrons. The molecule has 0 aromatic rings. The van der Waals surface area contributed by atoms with Gasteiger partial charge in [0.15, 0.2) is 0 Å². The largest absolute Gasteiger partial charge is 0.395 e. The maximum atomic E-state index is 9.20. The van der Waals surface area contributed by atoms with Gasteiger partial charge in [-0.1, -0.05) is 26.0 Å². The Labute approximate surface area is 81.2 Å². The van der Waals surface area contributed by atoms with E-state index in [1.807, 2.05) is 6.92 Å². The Bertz CT molecular complexity index is 187. The first-order valence-electron chi connectivity index (χ1n) is 5.05. The second-order valence-corrected chi connectivity index (χ2v) is 4.70. The number of aliphatic hydroxyl groups excluding tert-OH is 1. The molecule has 2 heteroatoms. The molecule has 0 amide bonds. The maximum absolute atomic E-state index is 9.20. The lowest BCUT2D eigenvalue weighted by atomic mass is 9.91. The first kappa shape index (κ1) is 10.7. The highest BCUT2D eigenvalue weighted by Gasteiger charge is 2.35. The van der Waals surface area contributed by atoms with Crippen molar-refractivity contribution in [2.24, 2.45) is 5.41 Å². The zero-order chi connectivity index (χ0) is 9.90. The summed E-state index contributed by atoms with van der Waals surface area (Å²) in [5.41, 5.74) is 0.370. The molecule has 1 saturated heterocycles. The van der Waals surface area contributed by atoms with Crippen molar-refractivity contribution in [2.45, 2.75) is 33.2 Å². The van der Waals surface area contributed by atoms with Gasteiger partial charge in [-0.25, -0.2) is 0 Å². The summed E-state index contributed by atoms with van der Waals surface area (Å²) in [6, 6.07) is 0.367. The predicted octanol–water partition coefficient (Wildman–Crippen LogP) is 1.66. The molecule has 1 rings (SSSR count). The fraction of sp³-hybridized carbons (Fsp3) is 0.818. The van der Waals surface area contributed by atoms with E-state index in [0.29, 0.717) is 18.1 Å². The van der Waals surface area contributed by atoms with Crippen molar-refractivity contribution in [1.29, 1.82) is 0 Å². The van der Waals surface area contributed by atoms with E-state index in [1.165, 1.54) is 0 Å². The third-order valence-corrected chi connectivity index (χ3v) is 2.72. The van der Waals surface area contributed by atoms with Gasteiger partial charge in [-0.3, -0.25) is 4.90 Å². The Balaban J connectivity index is 2.53. The van der Waals surface area contributed by atoms with Crippen LogP contribution in [-0.4, -0.2) is 35.7 Å². The van der Waals surface area contributed by atoms with Gasteiger partial charge >= 0.3 is 0 Å². The minimum Gasteiger partial charge on any atom is -0.395 e. The van der Waals surface area contributed by atoms with Crippen LogP contribution in [0.4, 0.5) is 0 Å². The Hall–Kier alpha value is -0.340. The molecule has 1 aliphatic rings. The van der Waals surface area contributed by atoms with Gasteiger partial charge in [-0.05, 0) is 18.8 Å². The number of rotatable bonds is 3. The smallest absolute Gasteiger partial charge is 0.0587 e. The summed E-state index contributed by atoms with van der Waals surface area (Å²) in [4.78, 5) is 2.36. The van der Waals surface area contributed by atoms with E-state index in [1.54, 1.807) is 0 Å². The number of allylic oxidation sites excluding steroid dienone is 1. The molecule has 0 aromatic carbocycles. The van der Waals surface area contributed by atoms with Gasteiger partial charge in [0.1, 0.15) is 0 Å². The zero-order valence-electron chi connectivity index (χ0n) is 8.95. The fourth-order valence-corrected chi connectivity index (χ4v) is 2.14. The van der Waals surface area contributed by atoms with E-state index >= 15 is 0 Å². The quantitative estimate of drug-likeness (QED) is 0.673. The molecule has 0 radical (unpaired) electrons. The van der Waals surface area contributed by atoms with E-state index < -0.39 is 0 Å². The molecule has 0 bridgehead atoms. The van der Waals surface area contributed by atoms with Gasteiger partial charge in [0.25, 0.3) is 0 Å². The molecule has 2 nitrogen and oxygen atoms in total. The minimum atomic E-state index is 0.293. The molecule has 0 aliphatic carbocycles. The summed E-state index contributed by atoms with van der Waals surface area (Å²) in [5.74, 6) is 0. The summed E-state index contributed by atoms with van der Waals surface area (Å²) in [6.07, 6.45) is 5.34. The highest BCUT2D eigenvalue weighted by Crippen LogP contribution is 2.33. The normalized spacial score (nSPS) is 28.8. The third kappa shape index (κ3) is 2.82. The van der Waals surface area contributed by atoms with Crippen molar-refractivity contribution >= 4 is 0 Å². The van der Waals surface area contributed by atoms with Crippen LogP contribution < -0.4 is 0 Å². The number of nitrogens with zero attached hydrogens (tertiary/aromatic N) is 1. The molecule has 1 N–H and O–H groups in total. The molecule has 1 fully saturated rings. The van der Waals surface area contributed by atoms with Crippen LogP contribution in [0.1, 0.15) is 27.2 Å². The highest BCUT2D eigenvalue weighted by molar-refractivity contribution is 4.94. The standard InChI is InChI=1S/C11H21NO/c1-4-5-6-12-9-11(2,3)7-10(12)8-13/h4-5,10,13H,6-9H2,1-3H3/b5-4+. The summed E-state index contributed by atoms with van der Waals surface area (Å²) >= 11 is 0. The molecule has 0 aromatic heterocycles. The maximum Gasteiger partial charge on any atom is 0.0587 e. The van der Waals surface area contributed by atoms with E-state index in [0.717, 1.165) is 19.5 Å². The first-order valence-corrected chi connectivity index (χ1v) is 5.05. The Kier molecular flexibility index (Phi) is 3.51. The van der Waals surface area contributed by atoms with Crippen LogP contribution >= 0.6 is 0 Å². The van der Waals surface area contributed by atoms with Crippen molar-refractivity contribution < 1.29 is 5.11 Å². The van der Waals surface area contributed by atoms with Gasteiger partial charge in [-0.15, -0.1) is 0 Å². The Morgan fingerprint density at radius 3 is 2.77 bits per heavy atom. The second kappa shape index (κ2) is 4.25. The van der Waals surface area contributed by atoms with Crippen molar-refractivity contribution in [2.75, 3.05) is 19.7 Å². The molecule has 1 atom stereocenters.